The molecule has 0 aliphatic carbocycles. The zero-order valence-electron chi connectivity index (χ0n) is 19.8. The zero-order valence-corrected chi connectivity index (χ0v) is 19.8. The number of piperidine rings is 1. The molecule has 0 radical (unpaired) electrons. The van der Waals surface area contributed by atoms with E-state index >= 15 is 0 Å². The zero-order chi connectivity index (χ0) is 22.4. The standard InChI is InChI=1S/C25H40N4O2/c1-19(2)21(4)26-25(31)22-9-11-27(12-10-22)18-24(30)29-15-13-28(14-16-29)17-23-8-6-5-7-20(23)3/h5-8,19,21-22H,9-18H2,1-4H3,(H,26,31). The molecule has 1 unspecified atom stereocenters. The maximum atomic E-state index is 12.8. The summed E-state index contributed by atoms with van der Waals surface area (Å²) >= 11 is 0. The highest BCUT2D eigenvalue weighted by Crippen LogP contribution is 2.19. The summed E-state index contributed by atoms with van der Waals surface area (Å²) in [6.45, 7) is 15.0. The smallest absolute Gasteiger partial charge is 0.236 e. The van der Waals surface area contributed by atoms with Crippen molar-refractivity contribution in [2.24, 2.45) is 11.8 Å². The average molecular weight is 429 g/mol. The second kappa shape index (κ2) is 11.1. The van der Waals surface area contributed by atoms with Crippen molar-refractivity contribution in [1.82, 2.24) is 20.0 Å². The van der Waals surface area contributed by atoms with Crippen LogP contribution in [0.4, 0.5) is 0 Å². The lowest BCUT2D eigenvalue weighted by atomic mass is 9.95. The number of hydrogen-bond acceptors (Lipinski definition) is 4. The van der Waals surface area contributed by atoms with Crippen molar-refractivity contribution in [3.05, 3.63) is 35.4 Å². The predicted octanol–water partition coefficient (Wildman–Crippen LogP) is 2.51. The van der Waals surface area contributed by atoms with Crippen molar-refractivity contribution in [2.45, 2.75) is 53.1 Å². The Morgan fingerprint density at radius 3 is 2.23 bits per heavy atom. The monoisotopic (exact) mass is 428 g/mol. The Balaban J connectivity index is 1.37. The van der Waals surface area contributed by atoms with E-state index in [0.717, 1.165) is 58.7 Å². The van der Waals surface area contributed by atoms with Crippen molar-refractivity contribution >= 4 is 11.8 Å². The van der Waals surface area contributed by atoms with E-state index in [0.29, 0.717) is 12.5 Å². The summed E-state index contributed by atoms with van der Waals surface area (Å²) in [4.78, 5) is 31.9. The number of nitrogens with one attached hydrogen (secondary N) is 1. The van der Waals surface area contributed by atoms with E-state index < -0.39 is 0 Å². The number of benzene rings is 1. The molecule has 0 saturated carbocycles. The third-order valence-corrected chi connectivity index (χ3v) is 7.07. The Labute approximate surface area is 188 Å². The van der Waals surface area contributed by atoms with Crippen LogP contribution in [0, 0.1) is 18.8 Å². The molecule has 1 aromatic carbocycles. The Hall–Kier alpha value is -1.92. The SMILES string of the molecule is Cc1ccccc1CN1CCN(C(=O)CN2CCC(C(=O)NC(C)C(C)C)CC2)CC1. The number of amides is 2. The fourth-order valence-electron chi connectivity index (χ4n) is 4.34. The summed E-state index contributed by atoms with van der Waals surface area (Å²) in [7, 11) is 0. The van der Waals surface area contributed by atoms with Gasteiger partial charge in [-0.15, -0.1) is 0 Å². The molecule has 0 spiro atoms. The van der Waals surface area contributed by atoms with Gasteiger partial charge in [-0.05, 0) is 56.8 Å². The lowest BCUT2D eigenvalue weighted by Crippen LogP contribution is -2.52. The molecule has 6 nitrogen and oxygen atoms in total. The molecule has 2 heterocycles. The van der Waals surface area contributed by atoms with Gasteiger partial charge in [-0.25, -0.2) is 0 Å². The lowest BCUT2D eigenvalue weighted by molar-refractivity contribution is -0.134. The van der Waals surface area contributed by atoms with E-state index in [1.54, 1.807) is 0 Å². The number of rotatable bonds is 7. The first kappa shape index (κ1) is 23.7. The van der Waals surface area contributed by atoms with Gasteiger partial charge in [0.2, 0.25) is 11.8 Å². The van der Waals surface area contributed by atoms with Crippen LogP contribution in [-0.4, -0.2) is 78.4 Å². The van der Waals surface area contributed by atoms with Gasteiger partial charge in [-0.2, -0.15) is 0 Å². The number of hydrogen-bond donors (Lipinski definition) is 1. The molecule has 1 atom stereocenters. The quantitative estimate of drug-likeness (QED) is 0.725. The number of aryl methyl sites for hydroxylation is 1. The van der Waals surface area contributed by atoms with Crippen LogP contribution in [-0.2, 0) is 16.1 Å². The second-order valence-corrected chi connectivity index (χ2v) is 9.68. The summed E-state index contributed by atoms with van der Waals surface area (Å²) in [6, 6.07) is 8.74. The molecule has 2 saturated heterocycles. The molecule has 172 valence electrons. The van der Waals surface area contributed by atoms with Crippen LogP contribution in [0.1, 0.15) is 44.7 Å². The van der Waals surface area contributed by atoms with Crippen molar-refractivity contribution in [1.29, 1.82) is 0 Å². The van der Waals surface area contributed by atoms with Crippen molar-refractivity contribution < 1.29 is 9.59 Å². The first-order valence-electron chi connectivity index (χ1n) is 11.9. The van der Waals surface area contributed by atoms with E-state index in [9.17, 15) is 9.59 Å². The fraction of sp³-hybridized carbons (Fsp3) is 0.680. The molecule has 0 aromatic heterocycles. The predicted molar refractivity (Wildman–Crippen MR) is 125 cm³/mol. The van der Waals surface area contributed by atoms with Crippen LogP contribution < -0.4 is 5.32 Å². The van der Waals surface area contributed by atoms with Crippen LogP contribution >= 0.6 is 0 Å². The number of carbonyl (C=O) groups is 2. The largest absolute Gasteiger partial charge is 0.353 e. The lowest BCUT2D eigenvalue weighted by Gasteiger charge is -2.37. The van der Waals surface area contributed by atoms with Gasteiger partial charge in [-0.3, -0.25) is 19.4 Å². The number of carbonyl (C=O) groups excluding carboxylic acids is 2. The highest BCUT2D eigenvalue weighted by molar-refractivity contribution is 5.79. The Kier molecular flexibility index (Phi) is 8.50. The molecule has 2 aliphatic heterocycles. The molecule has 6 heteroatoms. The van der Waals surface area contributed by atoms with Gasteiger partial charge in [0.05, 0.1) is 6.54 Å². The summed E-state index contributed by atoms with van der Waals surface area (Å²) in [5.41, 5.74) is 2.70. The Morgan fingerprint density at radius 1 is 0.968 bits per heavy atom. The minimum atomic E-state index is 0.0811. The fourth-order valence-corrected chi connectivity index (χ4v) is 4.34. The molecular weight excluding hydrogens is 388 g/mol. The first-order valence-corrected chi connectivity index (χ1v) is 11.9. The van der Waals surface area contributed by atoms with Crippen LogP contribution in [0.15, 0.2) is 24.3 Å². The molecule has 2 amide bonds. The Morgan fingerprint density at radius 2 is 1.61 bits per heavy atom. The first-order chi connectivity index (χ1) is 14.8. The summed E-state index contributed by atoms with van der Waals surface area (Å²) in [5, 5.41) is 3.14. The Bertz CT molecular complexity index is 735. The molecule has 2 fully saturated rings. The maximum Gasteiger partial charge on any atom is 0.236 e. The molecule has 3 rings (SSSR count). The highest BCUT2D eigenvalue weighted by atomic mass is 16.2. The van der Waals surface area contributed by atoms with Crippen molar-refractivity contribution in [3.8, 4) is 0 Å². The normalized spacial score (nSPS) is 20.1. The molecule has 2 aliphatic rings. The van der Waals surface area contributed by atoms with Crippen LogP contribution in [0.5, 0.6) is 0 Å². The van der Waals surface area contributed by atoms with Crippen molar-refractivity contribution in [3.63, 3.8) is 0 Å². The van der Waals surface area contributed by atoms with Gasteiger partial charge in [0.25, 0.3) is 0 Å². The van der Waals surface area contributed by atoms with E-state index in [-0.39, 0.29) is 23.8 Å². The number of piperazine rings is 1. The van der Waals surface area contributed by atoms with Gasteiger partial charge in [0.1, 0.15) is 0 Å². The molecule has 1 aromatic rings. The minimum absolute atomic E-state index is 0.0811. The summed E-state index contributed by atoms with van der Waals surface area (Å²) < 4.78 is 0. The van der Waals surface area contributed by atoms with Gasteiger partial charge < -0.3 is 10.2 Å². The van der Waals surface area contributed by atoms with Gasteiger partial charge in [-0.1, -0.05) is 38.1 Å². The van der Waals surface area contributed by atoms with Crippen LogP contribution in [0.25, 0.3) is 0 Å². The second-order valence-electron chi connectivity index (χ2n) is 9.68. The van der Waals surface area contributed by atoms with Crippen molar-refractivity contribution in [2.75, 3.05) is 45.8 Å². The van der Waals surface area contributed by atoms with Gasteiger partial charge >= 0.3 is 0 Å². The average Bonchev–Trinajstić information content (AvgIpc) is 2.76. The molecule has 0 bridgehead atoms. The van der Waals surface area contributed by atoms with Crippen LogP contribution in [0.2, 0.25) is 0 Å². The van der Waals surface area contributed by atoms with E-state index in [2.05, 4.69) is 67.1 Å². The summed E-state index contributed by atoms with van der Waals surface area (Å²) in [6.07, 6.45) is 1.68. The maximum absolute atomic E-state index is 12.8. The molecule has 31 heavy (non-hydrogen) atoms. The van der Waals surface area contributed by atoms with E-state index in [1.807, 2.05) is 4.90 Å². The summed E-state index contributed by atoms with van der Waals surface area (Å²) in [5.74, 6) is 0.931. The van der Waals surface area contributed by atoms with Gasteiger partial charge in [0, 0.05) is 44.7 Å². The highest BCUT2D eigenvalue weighted by Gasteiger charge is 2.29. The van der Waals surface area contributed by atoms with Crippen LogP contribution in [0.3, 0.4) is 0 Å². The third kappa shape index (κ3) is 6.78. The molecular formula is C25H40N4O2. The number of likely N-dealkylation sites (tertiary alicyclic amines) is 1. The van der Waals surface area contributed by atoms with Gasteiger partial charge in [0.15, 0.2) is 0 Å². The minimum Gasteiger partial charge on any atom is -0.353 e. The van der Waals surface area contributed by atoms with E-state index in [4.69, 9.17) is 0 Å². The topological polar surface area (TPSA) is 55.9 Å². The molecule has 1 N–H and O–H groups in total. The third-order valence-electron chi connectivity index (χ3n) is 7.07. The van der Waals surface area contributed by atoms with E-state index in [1.165, 1.54) is 11.1 Å². The number of nitrogens with zero attached hydrogens (tertiary/aromatic N) is 3.